The summed E-state index contributed by atoms with van der Waals surface area (Å²) in [4.78, 5) is 40.2. The standard InChI is InChI=1S/C24H16F2N2O5/c25-17-6-2-15(3-7-17)24(16-4-8-18(26)9-5-16)22(30)28(23(31)27-24)12-19(29)14-1-10-20-21(11-14)33-13-32-20/h1-11H,12-13H2,(H,27,31). The van der Waals surface area contributed by atoms with Crippen LogP contribution in [0.5, 0.6) is 11.5 Å². The predicted molar refractivity (Wildman–Crippen MR) is 111 cm³/mol. The van der Waals surface area contributed by atoms with Crippen LogP contribution in [0.4, 0.5) is 13.6 Å². The zero-order valence-corrected chi connectivity index (χ0v) is 17.0. The molecular formula is C24H16F2N2O5. The summed E-state index contributed by atoms with van der Waals surface area (Å²) >= 11 is 0. The number of rotatable bonds is 5. The number of Topliss-reactive ketones (excluding diaryl/α,β-unsaturated/α-hetero) is 1. The molecule has 1 fully saturated rings. The highest BCUT2D eigenvalue weighted by Crippen LogP contribution is 2.37. The third-order valence-electron chi connectivity index (χ3n) is 5.66. The number of urea groups is 1. The molecule has 33 heavy (non-hydrogen) atoms. The summed E-state index contributed by atoms with van der Waals surface area (Å²) in [6.07, 6.45) is 0. The molecule has 0 atom stereocenters. The van der Waals surface area contributed by atoms with Crippen molar-refractivity contribution < 1.29 is 32.6 Å². The normalized spacial score (nSPS) is 16.1. The van der Waals surface area contributed by atoms with E-state index in [0.29, 0.717) is 11.5 Å². The lowest BCUT2D eigenvalue weighted by atomic mass is 9.82. The Bertz CT molecular complexity index is 1230. The van der Waals surface area contributed by atoms with E-state index in [1.165, 1.54) is 36.4 Å². The number of halogens is 2. The molecule has 2 aliphatic heterocycles. The Morgan fingerprint density at radius 2 is 1.45 bits per heavy atom. The molecule has 0 aromatic heterocycles. The van der Waals surface area contributed by atoms with Crippen molar-refractivity contribution in [3.63, 3.8) is 0 Å². The average Bonchev–Trinajstić information content (AvgIpc) is 3.38. The highest BCUT2D eigenvalue weighted by atomic mass is 19.1. The first-order valence-electron chi connectivity index (χ1n) is 9.97. The lowest BCUT2D eigenvalue weighted by Gasteiger charge is -2.28. The fourth-order valence-corrected chi connectivity index (χ4v) is 3.98. The minimum absolute atomic E-state index is 0.0395. The molecule has 0 unspecified atom stereocenters. The number of nitrogens with one attached hydrogen (secondary N) is 1. The topological polar surface area (TPSA) is 84.9 Å². The van der Waals surface area contributed by atoms with Crippen molar-refractivity contribution in [3.05, 3.63) is 95.1 Å². The van der Waals surface area contributed by atoms with Gasteiger partial charge in [-0.2, -0.15) is 0 Å². The molecule has 3 amide bonds. The van der Waals surface area contributed by atoms with Gasteiger partial charge in [0.05, 0.1) is 6.54 Å². The summed E-state index contributed by atoms with van der Waals surface area (Å²) in [5.41, 5.74) is -0.965. The van der Waals surface area contributed by atoms with Gasteiger partial charge < -0.3 is 14.8 Å². The molecule has 0 spiro atoms. The number of hydrogen-bond acceptors (Lipinski definition) is 5. The van der Waals surface area contributed by atoms with Gasteiger partial charge in [0.15, 0.2) is 22.8 Å². The van der Waals surface area contributed by atoms with Crippen LogP contribution in [0, 0.1) is 11.6 Å². The third-order valence-corrected chi connectivity index (χ3v) is 5.66. The van der Waals surface area contributed by atoms with Crippen LogP contribution >= 0.6 is 0 Å². The van der Waals surface area contributed by atoms with Gasteiger partial charge in [0, 0.05) is 5.56 Å². The van der Waals surface area contributed by atoms with Gasteiger partial charge in [-0.15, -0.1) is 0 Å². The number of fused-ring (bicyclic) bond motifs is 1. The molecule has 0 radical (unpaired) electrons. The zero-order valence-electron chi connectivity index (χ0n) is 17.0. The van der Waals surface area contributed by atoms with Crippen molar-refractivity contribution in [2.45, 2.75) is 5.54 Å². The first kappa shape index (κ1) is 20.6. The zero-order chi connectivity index (χ0) is 23.2. The second-order valence-electron chi connectivity index (χ2n) is 7.58. The van der Waals surface area contributed by atoms with Gasteiger partial charge in [-0.3, -0.25) is 14.5 Å². The number of hydrogen-bond donors (Lipinski definition) is 1. The van der Waals surface area contributed by atoms with Crippen LogP contribution in [0.15, 0.2) is 66.7 Å². The fraction of sp³-hybridized carbons (Fsp3) is 0.125. The molecule has 2 aliphatic rings. The maximum Gasteiger partial charge on any atom is 0.325 e. The second kappa shape index (κ2) is 7.70. The molecule has 3 aromatic rings. The quantitative estimate of drug-likeness (QED) is 0.476. The minimum atomic E-state index is -1.74. The van der Waals surface area contributed by atoms with E-state index < -0.39 is 41.4 Å². The van der Waals surface area contributed by atoms with Crippen molar-refractivity contribution in [2.75, 3.05) is 13.3 Å². The Hall–Kier alpha value is -4.27. The molecular weight excluding hydrogens is 434 g/mol. The van der Waals surface area contributed by atoms with E-state index in [0.717, 1.165) is 29.2 Å². The van der Waals surface area contributed by atoms with E-state index >= 15 is 0 Å². The Morgan fingerprint density at radius 1 is 0.879 bits per heavy atom. The molecule has 9 heteroatoms. The van der Waals surface area contributed by atoms with E-state index in [1.807, 2.05) is 0 Å². The van der Waals surface area contributed by atoms with E-state index in [1.54, 1.807) is 6.07 Å². The second-order valence-corrected chi connectivity index (χ2v) is 7.58. The number of benzene rings is 3. The van der Waals surface area contributed by atoms with E-state index in [-0.39, 0.29) is 23.5 Å². The van der Waals surface area contributed by atoms with Crippen molar-refractivity contribution in [2.24, 2.45) is 0 Å². The first-order chi connectivity index (χ1) is 15.9. The minimum Gasteiger partial charge on any atom is -0.454 e. The largest absolute Gasteiger partial charge is 0.454 e. The van der Waals surface area contributed by atoms with Crippen LogP contribution in [0.1, 0.15) is 21.5 Å². The number of carbonyl (C=O) groups excluding carboxylic acids is 3. The van der Waals surface area contributed by atoms with Crippen LogP contribution in [-0.2, 0) is 10.3 Å². The number of nitrogens with zero attached hydrogens (tertiary/aromatic N) is 1. The molecule has 5 rings (SSSR count). The molecule has 1 saturated heterocycles. The Kier molecular flexibility index (Phi) is 4.81. The van der Waals surface area contributed by atoms with Crippen LogP contribution in [0.2, 0.25) is 0 Å². The van der Waals surface area contributed by atoms with Crippen LogP contribution in [0.25, 0.3) is 0 Å². The molecule has 0 bridgehead atoms. The van der Waals surface area contributed by atoms with E-state index in [2.05, 4.69) is 5.32 Å². The summed E-state index contributed by atoms with van der Waals surface area (Å²) in [7, 11) is 0. The fourth-order valence-electron chi connectivity index (χ4n) is 3.98. The average molecular weight is 450 g/mol. The number of ether oxygens (including phenoxy) is 2. The summed E-state index contributed by atoms with van der Waals surface area (Å²) < 4.78 is 37.6. The number of imide groups is 1. The molecule has 1 N–H and O–H groups in total. The predicted octanol–water partition coefficient (Wildman–Crippen LogP) is 3.37. The SMILES string of the molecule is O=C(CN1C(=O)NC(c2ccc(F)cc2)(c2ccc(F)cc2)C1=O)c1ccc2c(c1)OCO2. The van der Waals surface area contributed by atoms with Gasteiger partial charge in [-0.25, -0.2) is 13.6 Å². The highest BCUT2D eigenvalue weighted by molar-refractivity contribution is 6.13. The third kappa shape index (κ3) is 3.38. The first-order valence-corrected chi connectivity index (χ1v) is 9.97. The number of amides is 3. The summed E-state index contributed by atoms with van der Waals surface area (Å²) in [5.74, 6) is -1.40. The Morgan fingerprint density at radius 3 is 2.06 bits per heavy atom. The molecule has 3 aromatic carbocycles. The van der Waals surface area contributed by atoms with Crippen LogP contribution in [0.3, 0.4) is 0 Å². The van der Waals surface area contributed by atoms with Crippen molar-refractivity contribution in [3.8, 4) is 11.5 Å². The van der Waals surface area contributed by atoms with Crippen molar-refractivity contribution in [1.82, 2.24) is 10.2 Å². The molecule has 7 nitrogen and oxygen atoms in total. The summed E-state index contributed by atoms with van der Waals surface area (Å²) in [6.45, 7) is -0.494. The van der Waals surface area contributed by atoms with Crippen LogP contribution in [-0.4, -0.2) is 36.0 Å². The van der Waals surface area contributed by atoms with E-state index in [4.69, 9.17) is 9.47 Å². The van der Waals surface area contributed by atoms with Gasteiger partial charge in [0.2, 0.25) is 6.79 Å². The van der Waals surface area contributed by atoms with Gasteiger partial charge in [-0.1, -0.05) is 24.3 Å². The van der Waals surface area contributed by atoms with Gasteiger partial charge >= 0.3 is 6.03 Å². The molecule has 0 aliphatic carbocycles. The van der Waals surface area contributed by atoms with Gasteiger partial charge in [0.25, 0.3) is 5.91 Å². The Labute approximate surface area is 186 Å². The maximum atomic E-state index is 13.6. The Balaban J connectivity index is 1.51. The van der Waals surface area contributed by atoms with Crippen molar-refractivity contribution in [1.29, 1.82) is 0 Å². The van der Waals surface area contributed by atoms with Crippen LogP contribution < -0.4 is 14.8 Å². The lowest BCUT2D eigenvalue weighted by molar-refractivity contribution is -0.129. The summed E-state index contributed by atoms with van der Waals surface area (Å²) in [6, 6.07) is 13.8. The smallest absolute Gasteiger partial charge is 0.325 e. The summed E-state index contributed by atoms with van der Waals surface area (Å²) in [5, 5.41) is 2.63. The van der Waals surface area contributed by atoms with Gasteiger partial charge in [-0.05, 0) is 53.6 Å². The molecule has 2 heterocycles. The lowest BCUT2D eigenvalue weighted by Crippen LogP contribution is -2.45. The van der Waals surface area contributed by atoms with Crippen molar-refractivity contribution >= 4 is 17.7 Å². The monoisotopic (exact) mass is 450 g/mol. The van der Waals surface area contributed by atoms with Gasteiger partial charge in [0.1, 0.15) is 11.6 Å². The number of carbonyl (C=O) groups is 3. The molecule has 166 valence electrons. The molecule has 0 saturated carbocycles. The van der Waals surface area contributed by atoms with E-state index in [9.17, 15) is 23.2 Å². The maximum absolute atomic E-state index is 13.6. The highest BCUT2D eigenvalue weighted by Gasteiger charge is 2.54. The number of ketones is 1.